The largest absolute Gasteiger partial charge is 0.0616 e. The fourth-order valence-corrected chi connectivity index (χ4v) is 2.75. The molecule has 1 fully saturated rings. The van der Waals surface area contributed by atoms with E-state index in [1.807, 2.05) is 0 Å². The van der Waals surface area contributed by atoms with E-state index in [0.717, 1.165) is 5.92 Å². The summed E-state index contributed by atoms with van der Waals surface area (Å²) in [5.74, 6) is 0.851. The Hall–Kier alpha value is -0.830. The second kappa shape index (κ2) is 4.21. The van der Waals surface area contributed by atoms with Gasteiger partial charge in [-0.2, -0.15) is 0 Å². The minimum absolute atomic E-state index is 0.851. The summed E-state index contributed by atoms with van der Waals surface area (Å²) in [6.45, 7) is 0. The van der Waals surface area contributed by atoms with Crippen LogP contribution in [-0.4, -0.2) is 0 Å². The molecule has 3 rings (SSSR count). The molecule has 0 atom stereocenters. The Kier molecular flexibility index (Phi) is 2.72. The zero-order chi connectivity index (χ0) is 11.0. The molecule has 0 bridgehead atoms. The SMILES string of the molecule is Ic1ccccc1-c1ccc(C2CC2)cc1. The van der Waals surface area contributed by atoms with Crippen LogP contribution >= 0.6 is 22.6 Å². The van der Waals surface area contributed by atoms with Crippen molar-refractivity contribution in [3.8, 4) is 11.1 Å². The Balaban J connectivity index is 1.97. The van der Waals surface area contributed by atoms with E-state index in [-0.39, 0.29) is 0 Å². The van der Waals surface area contributed by atoms with Gasteiger partial charge in [0.15, 0.2) is 0 Å². The molecule has 0 saturated heterocycles. The van der Waals surface area contributed by atoms with Crippen LogP contribution in [0.2, 0.25) is 0 Å². The number of benzene rings is 2. The van der Waals surface area contributed by atoms with E-state index in [2.05, 4.69) is 71.1 Å². The van der Waals surface area contributed by atoms with Crippen molar-refractivity contribution in [3.63, 3.8) is 0 Å². The maximum atomic E-state index is 2.40. The molecule has 1 saturated carbocycles. The minimum atomic E-state index is 0.851. The van der Waals surface area contributed by atoms with Gasteiger partial charge < -0.3 is 0 Å². The minimum Gasteiger partial charge on any atom is -0.0616 e. The summed E-state index contributed by atoms with van der Waals surface area (Å²) in [6.07, 6.45) is 2.75. The van der Waals surface area contributed by atoms with Crippen LogP contribution in [0.4, 0.5) is 0 Å². The lowest BCUT2D eigenvalue weighted by atomic mass is 10.0. The second-order valence-corrected chi connectivity index (χ2v) is 5.54. The predicted octanol–water partition coefficient (Wildman–Crippen LogP) is 4.84. The predicted molar refractivity (Wildman–Crippen MR) is 76.6 cm³/mol. The quantitative estimate of drug-likeness (QED) is 0.695. The first kappa shape index (κ1) is 10.3. The van der Waals surface area contributed by atoms with Gasteiger partial charge in [0.1, 0.15) is 0 Å². The lowest BCUT2D eigenvalue weighted by Gasteiger charge is -2.05. The van der Waals surface area contributed by atoms with Gasteiger partial charge in [-0.05, 0) is 64.1 Å². The van der Waals surface area contributed by atoms with E-state index < -0.39 is 0 Å². The van der Waals surface area contributed by atoms with Gasteiger partial charge in [-0.15, -0.1) is 0 Å². The van der Waals surface area contributed by atoms with Crippen molar-refractivity contribution in [1.29, 1.82) is 0 Å². The second-order valence-electron chi connectivity index (χ2n) is 4.38. The van der Waals surface area contributed by atoms with Gasteiger partial charge in [-0.3, -0.25) is 0 Å². The summed E-state index contributed by atoms with van der Waals surface area (Å²) in [6, 6.07) is 17.6. The van der Waals surface area contributed by atoms with Crippen LogP contribution in [0.3, 0.4) is 0 Å². The van der Waals surface area contributed by atoms with Crippen molar-refractivity contribution >= 4 is 22.6 Å². The lowest BCUT2D eigenvalue weighted by Crippen LogP contribution is -1.83. The van der Waals surface area contributed by atoms with Gasteiger partial charge in [0, 0.05) is 3.57 Å². The van der Waals surface area contributed by atoms with E-state index in [0.29, 0.717) is 0 Å². The third kappa shape index (κ3) is 2.01. The Labute approximate surface area is 110 Å². The van der Waals surface area contributed by atoms with E-state index in [9.17, 15) is 0 Å². The third-order valence-electron chi connectivity index (χ3n) is 3.14. The average Bonchev–Trinajstić information content (AvgIpc) is 3.14. The molecule has 0 nitrogen and oxygen atoms in total. The highest BCUT2D eigenvalue weighted by Gasteiger charge is 2.22. The summed E-state index contributed by atoms with van der Waals surface area (Å²) in [5, 5.41) is 0. The summed E-state index contributed by atoms with van der Waals surface area (Å²) < 4.78 is 1.32. The topological polar surface area (TPSA) is 0 Å². The van der Waals surface area contributed by atoms with Crippen molar-refractivity contribution in [2.45, 2.75) is 18.8 Å². The van der Waals surface area contributed by atoms with Gasteiger partial charge >= 0.3 is 0 Å². The Morgan fingerprint density at radius 2 is 1.56 bits per heavy atom. The van der Waals surface area contributed by atoms with Crippen molar-refractivity contribution in [1.82, 2.24) is 0 Å². The van der Waals surface area contributed by atoms with Crippen LogP contribution in [0.1, 0.15) is 24.3 Å². The molecule has 0 radical (unpaired) electrons. The smallest absolute Gasteiger partial charge is 0.0208 e. The first-order valence-electron chi connectivity index (χ1n) is 5.69. The monoisotopic (exact) mass is 320 g/mol. The standard InChI is InChI=1S/C15H13I/c16-15-4-2-1-3-14(15)13-9-7-12(8-10-13)11-5-6-11/h1-4,7-11H,5-6H2. The summed E-state index contributed by atoms with van der Waals surface area (Å²) in [7, 11) is 0. The maximum absolute atomic E-state index is 2.40. The average molecular weight is 320 g/mol. The molecule has 16 heavy (non-hydrogen) atoms. The highest BCUT2D eigenvalue weighted by molar-refractivity contribution is 14.1. The summed E-state index contributed by atoms with van der Waals surface area (Å²) in [4.78, 5) is 0. The molecule has 0 amide bonds. The van der Waals surface area contributed by atoms with Crippen LogP contribution in [-0.2, 0) is 0 Å². The molecule has 1 heteroatoms. The fraction of sp³-hybridized carbons (Fsp3) is 0.200. The van der Waals surface area contributed by atoms with Crippen LogP contribution < -0.4 is 0 Å². The Morgan fingerprint density at radius 3 is 2.19 bits per heavy atom. The maximum Gasteiger partial charge on any atom is 0.0208 e. The molecule has 0 heterocycles. The molecule has 80 valence electrons. The van der Waals surface area contributed by atoms with Crippen LogP contribution in [0, 0.1) is 3.57 Å². The molecule has 0 aromatic heterocycles. The summed E-state index contributed by atoms with van der Waals surface area (Å²) >= 11 is 2.40. The molecule has 0 unspecified atom stereocenters. The third-order valence-corrected chi connectivity index (χ3v) is 4.08. The van der Waals surface area contributed by atoms with Gasteiger partial charge in [0.25, 0.3) is 0 Å². The van der Waals surface area contributed by atoms with E-state index in [1.165, 1.54) is 33.1 Å². The van der Waals surface area contributed by atoms with E-state index >= 15 is 0 Å². The van der Waals surface area contributed by atoms with E-state index in [4.69, 9.17) is 0 Å². The molecule has 2 aromatic carbocycles. The van der Waals surface area contributed by atoms with Crippen molar-refractivity contribution in [2.75, 3.05) is 0 Å². The van der Waals surface area contributed by atoms with Crippen LogP contribution in [0.5, 0.6) is 0 Å². The fourth-order valence-electron chi connectivity index (χ4n) is 2.05. The molecular formula is C15H13I. The number of halogens is 1. The zero-order valence-corrected chi connectivity index (χ0v) is 11.1. The van der Waals surface area contributed by atoms with Crippen molar-refractivity contribution in [2.24, 2.45) is 0 Å². The highest BCUT2D eigenvalue weighted by atomic mass is 127. The number of rotatable bonds is 2. The summed E-state index contributed by atoms with van der Waals surface area (Å²) in [5.41, 5.74) is 4.18. The Bertz CT molecular complexity index is 495. The van der Waals surface area contributed by atoms with Crippen LogP contribution in [0.15, 0.2) is 48.5 Å². The van der Waals surface area contributed by atoms with Gasteiger partial charge in [0.05, 0.1) is 0 Å². The molecule has 0 aliphatic heterocycles. The molecule has 0 spiro atoms. The first-order valence-corrected chi connectivity index (χ1v) is 6.77. The molecule has 1 aliphatic rings. The lowest BCUT2D eigenvalue weighted by molar-refractivity contribution is 1.13. The number of hydrogen-bond acceptors (Lipinski definition) is 0. The van der Waals surface area contributed by atoms with Gasteiger partial charge in [-0.1, -0.05) is 42.5 Å². The molecule has 0 N–H and O–H groups in total. The van der Waals surface area contributed by atoms with Gasteiger partial charge in [0.2, 0.25) is 0 Å². The zero-order valence-electron chi connectivity index (χ0n) is 8.99. The number of hydrogen-bond donors (Lipinski definition) is 0. The van der Waals surface area contributed by atoms with E-state index in [1.54, 1.807) is 0 Å². The highest BCUT2D eigenvalue weighted by Crippen LogP contribution is 2.40. The van der Waals surface area contributed by atoms with Crippen molar-refractivity contribution in [3.05, 3.63) is 57.7 Å². The molecular weight excluding hydrogens is 307 g/mol. The van der Waals surface area contributed by atoms with Crippen molar-refractivity contribution < 1.29 is 0 Å². The molecule has 1 aliphatic carbocycles. The normalized spacial score (nSPS) is 15.1. The first-order chi connectivity index (χ1) is 7.84. The Morgan fingerprint density at radius 1 is 0.875 bits per heavy atom. The van der Waals surface area contributed by atoms with Crippen LogP contribution in [0.25, 0.3) is 11.1 Å². The molecule has 2 aromatic rings. The van der Waals surface area contributed by atoms with Gasteiger partial charge in [-0.25, -0.2) is 0 Å².